The Balaban J connectivity index is 1.92. The Kier molecular flexibility index (Phi) is 5.42. The zero-order valence-corrected chi connectivity index (χ0v) is 14.3. The predicted octanol–water partition coefficient (Wildman–Crippen LogP) is 1.85. The molecule has 0 amide bonds. The van der Waals surface area contributed by atoms with E-state index in [0.29, 0.717) is 13.2 Å². The summed E-state index contributed by atoms with van der Waals surface area (Å²) >= 11 is 0. The molecular weight excluding hydrogens is 306 g/mol. The summed E-state index contributed by atoms with van der Waals surface area (Å²) in [6.45, 7) is 5.53. The summed E-state index contributed by atoms with van der Waals surface area (Å²) in [5.41, 5.74) is 1.09. The summed E-state index contributed by atoms with van der Waals surface area (Å²) in [6, 6.07) is 7.34. The van der Waals surface area contributed by atoms with Crippen molar-refractivity contribution in [2.24, 2.45) is 5.92 Å². The van der Waals surface area contributed by atoms with E-state index in [4.69, 9.17) is 4.74 Å². The van der Waals surface area contributed by atoms with Crippen LogP contribution in [0.15, 0.2) is 24.3 Å². The van der Waals surface area contributed by atoms with E-state index < -0.39 is 0 Å². The third-order valence-electron chi connectivity index (χ3n) is 4.70. The largest absolute Gasteiger partial charge is 0.508 e. The van der Waals surface area contributed by atoms with Gasteiger partial charge in [-0.3, -0.25) is 4.90 Å². The fraction of sp³-hybridized carbons (Fsp3) is 0.588. The van der Waals surface area contributed by atoms with E-state index in [1.807, 2.05) is 16.8 Å². The van der Waals surface area contributed by atoms with E-state index in [9.17, 15) is 5.11 Å². The molecule has 3 rings (SSSR count). The lowest BCUT2D eigenvalue weighted by Crippen LogP contribution is -2.38. The molecule has 1 fully saturated rings. The SMILES string of the molecule is COCCn1nnnc1C(c1ccc(O)cc1)N1CCC(C)CC1. The van der Waals surface area contributed by atoms with Crippen LogP contribution in [0.3, 0.4) is 0 Å². The highest BCUT2D eigenvalue weighted by Gasteiger charge is 2.30. The van der Waals surface area contributed by atoms with Crippen LogP contribution in [0.5, 0.6) is 5.75 Å². The number of likely N-dealkylation sites (tertiary alicyclic amines) is 1. The molecule has 1 aliphatic heterocycles. The molecule has 0 saturated carbocycles. The molecule has 2 aromatic rings. The van der Waals surface area contributed by atoms with Crippen molar-refractivity contribution in [2.75, 3.05) is 26.8 Å². The number of rotatable bonds is 6. The lowest BCUT2D eigenvalue weighted by Gasteiger charge is -2.36. The maximum Gasteiger partial charge on any atom is 0.173 e. The van der Waals surface area contributed by atoms with E-state index in [0.717, 1.165) is 30.4 Å². The van der Waals surface area contributed by atoms with Gasteiger partial charge in [0.25, 0.3) is 0 Å². The van der Waals surface area contributed by atoms with Crippen LogP contribution in [-0.4, -0.2) is 57.0 Å². The van der Waals surface area contributed by atoms with E-state index >= 15 is 0 Å². The van der Waals surface area contributed by atoms with Gasteiger partial charge in [0.2, 0.25) is 0 Å². The number of nitrogens with zero attached hydrogens (tertiary/aromatic N) is 5. The number of ether oxygens (including phenoxy) is 1. The minimum atomic E-state index is -0.00930. The molecule has 1 atom stereocenters. The van der Waals surface area contributed by atoms with Gasteiger partial charge in [0.15, 0.2) is 5.82 Å². The number of tetrazole rings is 1. The first-order chi connectivity index (χ1) is 11.7. The Bertz CT molecular complexity index is 635. The highest BCUT2D eigenvalue weighted by atomic mass is 16.5. The van der Waals surface area contributed by atoms with E-state index in [1.54, 1.807) is 19.2 Å². The summed E-state index contributed by atoms with van der Waals surface area (Å²) in [4.78, 5) is 2.43. The molecule has 1 aromatic carbocycles. The average molecular weight is 331 g/mol. The van der Waals surface area contributed by atoms with Crippen LogP contribution < -0.4 is 0 Å². The lowest BCUT2D eigenvalue weighted by atomic mass is 9.95. The first-order valence-electron chi connectivity index (χ1n) is 8.47. The first kappa shape index (κ1) is 16.9. The topological polar surface area (TPSA) is 76.3 Å². The molecule has 1 N–H and O–H groups in total. The maximum absolute atomic E-state index is 9.61. The normalized spacial score (nSPS) is 17.9. The Morgan fingerprint density at radius 1 is 1.25 bits per heavy atom. The van der Waals surface area contributed by atoms with Crippen molar-refractivity contribution >= 4 is 0 Å². The third kappa shape index (κ3) is 3.73. The molecule has 1 aromatic heterocycles. The molecule has 7 nitrogen and oxygen atoms in total. The number of aromatic nitrogens is 4. The molecule has 24 heavy (non-hydrogen) atoms. The maximum atomic E-state index is 9.61. The monoisotopic (exact) mass is 331 g/mol. The van der Waals surface area contributed by atoms with Gasteiger partial charge in [0, 0.05) is 7.11 Å². The van der Waals surface area contributed by atoms with Gasteiger partial charge in [-0.25, -0.2) is 4.68 Å². The van der Waals surface area contributed by atoms with Gasteiger partial charge >= 0.3 is 0 Å². The summed E-state index contributed by atoms with van der Waals surface area (Å²) in [5.74, 6) is 1.85. The van der Waals surface area contributed by atoms with Crippen molar-refractivity contribution in [1.82, 2.24) is 25.1 Å². The summed E-state index contributed by atoms with van der Waals surface area (Å²) < 4.78 is 6.99. The molecule has 130 valence electrons. The van der Waals surface area contributed by atoms with Gasteiger partial charge < -0.3 is 9.84 Å². The van der Waals surface area contributed by atoms with Crippen LogP contribution in [0.4, 0.5) is 0 Å². The minimum absolute atomic E-state index is 0.00930. The minimum Gasteiger partial charge on any atom is -0.508 e. The molecule has 7 heteroatoms. The molecule has 0 bridgehead atoms. The number of benzene rings is 1. The quantitative estimate of drug-likeness (QED) is 0.870. The van der Waals surface area contributed by atoms with Gasteiger partial charge in [0.05, 0.1) is 19.2 Å². The fourth-order valence-corrected chi connectivity index (χ4v) is 3.21. The summed E-state index contributed by atoms with van der Waals surface area (Å²) in [6.07, 6.45) is 2.35. The van der Waals surface area contributed by atoms with E-state index in [-0.39, 0.29) is 11.8 Å². The summed E-state index contributed by atoms with van der Waals surface area (Å²) in [5, 5.41) is 21.9. The zero-order valence-electron chi connectivity index (χ0n) is 14.3. The first-order valence-corrected chi connectivity index (χ1v) is 8.47. The van der Waals surface area contributed by atoms with Crippen LogP contribution in [-0.2, 0) is 11.3 Å². The Hall–Kier alpha value is -1.99. The van der Waals surface area contributed by atoms with Crippen LogP contribution in [0.2, 0.25) is 0 Å². The van der Waals surface area contributed by atoms with Gasteiger partial charge in [0.1, 0.15) is 5.75 Å². The van der Waals surface area contributed by atoms with Crippen LogP contribution in [0, 0.1) is 5.92 Å². The number of piperidine rings is 1. The predicted molar refractivity (Wildman–Crippen MR) is 89.6 cm³/mol. The van der Waals surface area contributed by atoms with Gasteiger partial charge in [-0.15, -0.1) is 5.10 Å². The molecule has 0 aliphatic carbocycles. The van der Waals surface area contributed by atoms with Crippen LogP contribution in [0.25, 0.3) is 0 Å². The number of methoxy groups -OCH3 is 1. The second-order valence-corrected chi connectivity index (χ2v) is 6.47. The molecule has 1 aliphatic rings. The standard InChI is InChI=1S/C17H25N5O2/c1-13-7-9-21(10-8-13)16(14-3-5-15(23)6-4-14)17-18-19-20-22(17)11-12-24-2/h3-6,13,16,23H,7-12H2,1-2H3. The smallest absolute Gasteiger partial charge is 0.173 e. The Morgan fingerprint density at radius 2 is 1.96 bits per heavy atom. The van der Waals surface area contributed by atoms with Crippen molar-refractivity contribution in [1.29, 1.82) is 0 Å². The van der Waals surface area contributed by atoms with Crippen molar-refractivity contribution in [3.8, 4) is 5.75 Å². The third-order valence-corrected chi connectivity index (χ3v) is 4.70. The molecule has 1 saturated heterocycles. The van der Waals surface area contributed by atoms with E-state index in [2.05, 4.69) is 27.3 Å². The second kappa shape index (κ2) is 7.72. The van der Waals surface area contributed by atoms with Crippen molar-refractivity contribution in [2.45, 2.75) is 32.4 Å². The summed E-state index contributed by atoms with van der Waals surface area (Å²) in [7, 11) is 1.67. The Labute approximate surface area is 142 Å². The molecular formula is C17H25N5O2. The zero-order chi connectivity index (χ0) is 16.9. The highest BCUT2D eigenvalue weighted by Crippen LogP contribution is 2.31. The van der Waals surface area contributed by atoms with E-state index in [1.165, 1.54) is 12.8 Å². The number of aromatic hydroxyl groups is 1. The molecule has 1 unspecified atom stereocenters. The second-order valence-electron chi connectivity index (χ2n) is 6.47. The average Bonchev–Trinajstić information content (AvgIpc) is 3.05. The highest BCUT2D eigenvalue weighted by molar-refractivity contribution is 5.31. The van der Waals surface area contributed by atoms with Gasteiger partial charge in [-0.1, -0.05) is 19.1 Å². The van der Waals surface area contributed by atoms with Crippen LogP contribution >= 0.6 is 0 Å². The number of hydrogen-bond acceptors (Lipinski definition) is 6. The molecule has 0 spiro atoms. The number of hydrogen-bond donors (Lipinski definition) is 1. The molecule has 2 heterocycles. The van der Waals surface area contributed by atoms with Crippen molar-refractivity contribution in [3.63, 3.8) is 0 Å². The fourth-order valence-electron chi connectivity index (χ4n) is 3.21. The van der Waals surface area contributed by atoms with Gasteiger partial charge in [-0.05, 0) is 60.0 Å². The van der Waals surface area contributed by atoms with Crippen LogP contribution in [0.1, 0.15) is 37.2 Å². The number of phenols is 1. The number of phenolic OH excluding ortho intramolecular Hbond substituents is 1. The van der Waals surface area contributed by atoms with Crippen molar-refractivity contribution < 1.29 is 9.84 Å². The lowest BCUT2D eigenvalue weighted by molar-refractivity contribution is 0.144. The molecule has 0 radical (unpaired) electrons. The Morgan fingerprint density at radius 3 is 2.62 bits per heavy atom. The van der Waals surface area contributed by atoms with Gasteiger partial charge in [-0.2, -0.15) is 0 Å². The van der Waals surface area contributed by atoms with Crippen molar-refractivity contribution in [3.05, 3.63) is 35.7 Å².